The van der Waals surface area contributed by atoms with Crippen molar-refractivity contribution in [3.05, 3.63) is 78.5 Å². The number of hydrogen-bond acceptors (Lipinski definition) is 9. The number of aliphatic imine (C=N–C) groups is 1. The number of piperidine rings is 1. The zero-order valence-electron chi connectivity index (χ0n) is 23.7. The molecule has 214 valence electrons. The Kier molecular flexibility index (Phi) is 9.56. The summed E-state index contributed by atoms with van der Waals surface area (Å²) in [6.45, 7) is 5.35. The van der Waals surface area contributed by atoms with Gasteiger partial charge in [0.2, 0.25) is 0 Å². The van der Waals surface area contributed by atoms with E-state index in [4.69, 9.17) is 15.2 Å². The highest BCUT2D eigenvalue weighted by Crippen LogP contribution is 2.25. The number of rotatable bonds is 12. The van der Waals surface area contributed by atoms with Crippen LogP contribution in [-0.4, -0.2) is 77.5 Å². The van der Waals surface area contributed by atoms with E-state index in [1.807, 2.05) is 47.1 Å². The van der Waals surface area contributed by atoms with E-state index in [2.05, 4.69) is 42.3 Å². The molecule has 0 amide bonds. The number of methoxy groups -OCH3 is 1. The first kappa shape index (κ1) is 28.3. The van der Waals surface area contributed by atoms with E-state index in [0.29, 0.717) is 12.5 Å². The lowest BCUT2D eigenvalue weighted by Crippen LogP contribution is -2.37. The summed E-state index contributed by atoms with van der Waals surface area (Å²) in [6, 6.07) is 14.1. The highest BCUT2D eigenvalue weighted by Gasteiger charge is 2.19. The highest BCUT2D eigenvalue weighted by atomic mass is 16.5. The zero-order chi connectivity index (χ0) is 28.4. The monoisotopic (exact) mass is 554 g/mol. The van der Waals surface area contributed by atoms with Gasteiger partial charge in [-0.1, -0.05) is 24.3 Å². The largest absolute Gasteiger partial charge is 0.493 e. The maximum Gasteiger partial charge on any atom is 0.140 e. The van der Waals surface area contributed by atoms with Crippen LogP contribution in [0.2, 0.25) is 0 Å². The molecule has 5 rings (SSSR count). The molecule has 1 aliphatic heterocycles. The number of ether oxygens (including phenoxy) is 2. The predicted octanol–water partition coefficient (Wildman–Crippen LogP) is 4.14. The van der Waals surface area contributed by atoms with Crippen LogP contribution in [0.1, 0.15) is 24.0 Å². The lowest BCUT2D eigenvalue weighted by molar-refractivity contribution is 0.105. The molecule has 41 heavy (non-hydrogen) atoms. The minimum atomic E-state index is 0.570. The molecule has 1 aliphatic rings. The van der Waals surface area contributed by atoms with E-state index >= 15 is 0 Å². The SMILES string of the molecule is CN=CC(=CN)c1ccc(CNc2cc(-c3cnc4cc(OCC5CCN(CCOC)CC5)ccn34)ncn2)cc1. The Balaban J connectivity index is 1.18. The van der Waals surface area contributed by atoms with E-state index in [1.165, 1.54) is 0 Å². The lowest BCUT2D eigenvalue weighted by Gasteiger charge is -2.31. The van der Waals surface area contributed by atoms with Gasteiger partial charge in [-0.25, -0.2) is 15.0 Å². The number of nitrogens with zero attached hydrogens (tertiary/aromatic N) is 6. The average Bonchev–Trinajstić information content (AvgIpc) is 3.45. The Morgan fingerprint density at radius 2 is 1.95 bits per heavy atom. The molecule has 0 bridgehead atoms. The van der Waals surface area contributed by atoms with Crippen LogP contribution in [-0.2, 0) is 11.3 Å². The second-order valence-electron chi connectivity index (χ2n) is 10.2. The average molecular weight is 555 g/mol. The Morgan fingerprint density at radius 1 is 1.12 bits per heavy atom. The number of allylic oxidation sites excluding steroid dienone is 1. The van der Waals surface area contributed by atoms with Gasteiger partial charge in [0.05, 0.1) is 30.8 Å². The number of nitrogens with two attached hydrogens (primary N) is 1. The van der Waals surface area contributed by atoms with Crippen molar-refractivity contribution in [3.8, 4) is 17.1 Å². The van der Waals surface area contributed by atoms with Gasteiger partial charge in [-0.2, -0.15) is 0 Å². The molecule has 10 heteroatoms. The fourth-order valence-electron chi connectivity index (χ4n) is 5.01. The van der Waals surface area contributed by atoms with Crippen molar-refractivity contribution in [2.45, 2.75) is 19.4 Å². The van der Waals surface area contributed by atoms with Crippen LogP contribution in [0.5, 0.6) is 5.75 Å². The molecule has 1 aromatic carbocycles. The number of fused-ring (bicyclic) bond motifs is 1. The molecular weight excluding hydrogens is 516 g/mol. The molecule has 1 fully saturated rings. The van der Waals surface area contributed by atoms with Crippen LogP contribution in [0.3, 0.4) is 0 Å². The minimum Gasteiger partial charge on any atom is -0.493 e. The smallest absolute Gasteiger partial charge is 0.140 e. The molecule has 3 N–H and O–H groups in total. The van der Waals surface area contributed by atoms with Crippen molar-refractivity contribution in [1.82, 2.24) is 24.3 Å². The van der Waals surface area contributed by atoms with Gasteiger partial charge in [-0.05, 0) is 49.0 Å². The van der Waals surface area contributed by atoms with E-state index in [0.717, 1.165) is 91.0 Å². The number of likely N-dealkylation sites (tertiary alicyclic amines) is 1. The summed E-state index contributed by atoms with van der Waals surface area (Å²) >= 11 is 0. The van der Waals surface area contributed by atoms with Crippen molar-refractivity contribution in [2.75, 3.05) is 52.3 Å². The van der Waals surface area contributed by atoms with Gasteiger partial charge in [0.25, 0.3) is 0 Å². The van der Waals surface area contributed by atoms with E-state index < -0.39 is 0 Å². The molecule has 4 heterocycles. The summed E-state index contributed by atoms with van der Waals surface area (Å²) in [5.74, 6) is 2.15. The molecule has 0 radical (unpaired) electrons. The zero-order valence-corrected chi connectivity index (χ0v) is 23.7. The molecule has 4 aromatic rings. The van der Waals surface area contributed by atoms with Gasteiger partial charge < -0.3 is 25.4 Å². The fraction of sp³-hybridized carbons (Fsp3) is 0.355. The fourth-order valence-corrected chi connectivity index (χ4v) is 5.01. The summed E-state index contributed by atoms with van der Waals surface area (Å²) in [5, 5.41) is 3.39. The number of imidazole rings is 1. The number of benzene rings is 1. The molecule has 1 saturated heterocycles. The first-order valence-corrected chi connectivity index (χ1v) is 14.0. The van der Waals surface area contributed by atoms with Gasteiger partial charge in [0.1, 0.15) is 23.5 Å². The van der Waals surface area contributed by atoms with Crippen LogP contribution in [0.4, 0.5) is 5.82 Å². The summed E-state index contributed by atoms with van der Waals surface area (Å²) in [5.41, 5.74) is 11.2. The summed E-state index contributed by atoms with van der Waals surface area (Å²) in [4.78, 5) is 20.0. The number of aromatic nitrogens is 4. The Morgan fingerprint density at radius 3 is 2.71 bits per heavy atom. The molecule has 0 atom stereocenters. The molecular formula is C31H38N8O2. The molecule has 10 nitrogen and oxygen atoms in total. The summed E-state index contributed by atoms with van der Waals surface area (Å²) < 4.78 is 13.4. The van der Waals surface area contributed by atoms with Crippen LogP contribution < -0.4 is 15.8 Å². The molecule has 0 spiro atoms. The van der Waals surface area contributed by atoms with Gasteiger partial charge in [0.15, 0.2) is 0 Å². The number of pyridine rings is 1. The van der Waals surface area contributed by atoms with Crippen molar-refractivity contribution in [3.63, 3.8) is 0 Å². The number of hydrogen-bond donors (Lipinski definition) is 2. The van der Waals surface area contributed by atoms with Crippen LogP contribution >= 0.6 is 0 Å². The third-order valence-corrected chi connectivity index (χ3v) is 7.43. The van der Waals surface area contributed by atoms with Gasteiger partial charge in [-0.3, -0.25) is 9.39 Å². The Hall–Kier alpha value is -4.28. The number of nitrogens with one attached hydrogen (secondary N) is 1. The quantitative estimate of drug-likeness (QED) is 0.251. The van der Waals surface area contributed by atoms with Crippen molar-refractivity contribution in [1.29, 1.82) is 0 Å². The van der Waals surface area contributed by atoms with Crippen LogP contribution in [0, 0.1) is 5.92 Å². The van der Waals surface area contributed by atoms with Gasteiger partial charge in [-0.15, -0.1) is 0 Å². The third-order valence-electron chi connectivity index (χ3n) is 7.43. The second kappa shape index (κ2) is 13.9. The number of anilines is 1. The van der Waals surface area contributed by atoms with Crippen molar-refractivity contribution >= 4 is 23.3 Å². The minimum absolute atomic E-state index is 0.570. The maximum atomic E-state index is 6.17. The molecule has 3 aromatic heterocycles. The first-order chi connectivity index (χ1) is 20.2. The predicted molar refractivity (Wildman–Crippen MR) is 163 cm³/mol. The summed E-state index contributed by atoms with van der Waals surface area (Å²) in [7, 11) is 3.49. The highest BCUT2D eigenvalue weighted by molar-refractivity contribution is 6.09. The Labute approximate surface area is 241 Å². The second-order valence-corrected chi connectivity index (χ2v) is 10.2. The first-order valence-electron chi connectivity index (χ1n) is 14.0. The van der Waals surface area contributed by atoms with Crippen molar-refractivity contribution in [2.24, 2.45) is 16.6 Å². The normalized spacial score (nSPS) is 15.1. The Bertz CT molecular complexity index is 1470. The topological polar surface area (TPSA) is 115 Å². The third kappa shape index (κ3) is 7.27. The van der Waals surface area contributed by atoms with E-state index in [1.54, 1.807) is 32.9 Å². The standard InChI is InChI=1S/C31H38N8O2/c1-33-19-26(17-32)25-5-3-23(4-6-25)18-34-30-16-28(36-22-37-30)29-20-35-31-15-27(9-12-39(29)31)41-21-24-7-10-38(11-8-24)13-14-40-2/h3-6,9,12,15-17,19-20,22,24H,7-8,10-11,13-14,18,21,32H2,1-2H3,(H,34,36,37). The van der Waals surface area contributed by atoms with E-state index in [-0.39, 0.29) is 0 Å². The molecule has 0 saturated carbocycles. The van der Waals surface area contributed by atoms with Crippen molar-refractivity contribution < 1.29 is 9.47 Å². The van der Waals surface area contributed by atoms with E-state index in [9.17, 15) is 0 Å². The van der Waals surface area contributed by atoms with Crippen LogP contribution in [0.25, 0.3) is 22.6 Å². The van der Waals surface area contributed by atoms with Gasteiger partial charge >= 0.3 is 0 Å². The van der Waals surface area contributed by atoms with Crippen LogP contribution in [0.15, 0.2) is 72.4 Å². The molecule has 0 aliphatic carbocycles. The van der Waals surface area contributed by atoms with Gasteiger partial charge in [0, 0.05) is 63.6 Å². The maximum absolute atomic E-state index is 6.17. The summed E-state index contributed by atoms with van der Waals surface area (Å²) in [6.07, 6.45) is 11.0. The molecule has 0 unspecified atom stereocenters. The lowest BCUT2D eigenvalue weighted by atomic mass is 9.98.